The molecular weight excluding hydrogens is 157 g/mol. The Kier molecular flexibility index (Phi) is 3.47. The van der Waals surface area contributed by atoms with E-state index in [1.807, 2.05) is 0 Å². The van der Waals surface area contributed by atoms with E-state index in [0.29, 0.717) is 0 Å². The lowest BCUT2D eigenvalue weighted by molar-refractivity contribution is 0.205. The van der Waals surface area contributed by atoms with Gasteiger partial charge in [-0.05, 0) is 13.8 Å². The highest BCUT2D eigenvalue weighted by molar-refractivity contribution is 7.51. The Morgan fingerprint density at radius 3 is 2.50 bits per heavy atom. The van der Waals surface area contributed by atoms with Crippen molar-refractivity contribution in [3.05, 3.63) is 0 Å². The van der Waals surface area contributed by atoms with Crippen molar-refractivity contribution in [1.82, 2.24) is 0 Å². The van der Waals surface area contributed by atoms with Gasteiger partial charge in [0.2, 0.25) is 6.08 Å². The molecule has 0 aliphatic carbocycles. The van der Waals surface area contributed by atoms with Crippen molar-refractivity contribution in [2.24, 2.45) is 4.76 Å². The average molecular weight is 165 g/mol. The summed E-state index contributed by atoms with van der Waals surface area (Å²) in [6.07, 6.45) is 0.513. The number of rotatable bonds is 3. The zero-order chi connectivity index (χ0) is 8.20. The number of hydrogen-bond acceptors (Lipinski definition) is 3. The maximum absolute atomic E-state index is 10.5. The van der Waals surface area contributed by atoms with Gasteiger partial charge in [0, 0.05) is 0 Å². The van der Waals surface area contributed by atoms with Gasteiger partial charge in [0.1, 0.15) is 0 Å². The molecule has 0 fully saturated rings. The van der Waals surface area contributed by atoms with Crippen molar-refractivity contribution >= 4 is 13.8 Å². The van der Waals surface area contributed by atoms with E-state index in [4.69, 9.17) is 4.89 Å². The van der Waals surface area contributed by atoms with Gasteiger partial charge >= 0.3 is 7.75 Å². The van der Waals surface area contributed by atoms with Crippen molar-refractivity contribution in [3.63, 3.8) is 0 Å². The monoisotopic (exact) mass is 165 g/mol. The van der Waals surface area contributed by atoms with Crippen LogP contribution in [0.15, 0.2) is 4.76 Å². The van der Waals surface area contributed by atoms with E-state index < -0.39 is 13.9 Å². The van der Waals surface area contributed by atoms with Gasteiger partial charge in [0.15, 0.2) is 0 Å². The Morgan fingerprint density at radius 2 is 2.20 bits per heavy atom. The first-order valence-corrected chi connectivity index (χ1v) is 4.11. The fourth-order valence-electron chi connectivity index (χ4n) is 0.350. The van der Waals surface area contributed by atoms with E-state index in [-0.39, 0.29) is 0 Å². The summed E-state index contributed by atoms with van der Waals surface area (Å²) >= 11 is 0. The molecule has 0 bridgehead atoms. The molecule has 0 amide bonds. The van der Waals surface area contributed by atoms with Crippen molar-refractivity contribution in [2.45, 2.75) is 20.0 Å². The van der Waals surface area contributed by atoms with E-state index in [1.165, 1.54) is 0 Å². The third kappa shape index (κ3) is 4.41. The molecule has 0 aromatic rings. The van der Waals surface area contributed by atoms with E-state index in [0.717, 1.165) is 6.08 Å². The van der Waals surface area contributed by atoms with E-state index in [2.05, 4.69) is 9.29 Å². The van der Waals surface area contributed by atoms with Crippen LogP contribution < -0.4 is 0 Å². The summed E-state index contributed by atoms with van der Waals surface area (Å²) in [6.45, 7) is 3.12. The van der Waals surface area contributed by atoms with E-state index >= 15 is 0 Å². The number of nitrogens with zero attached hydrogens (tertiary/aromatic N) is 1. The van der Waals surface area contributed by atoms with Crippen LogP contribution >= 0.6 is 7.75 Å². The molecule has 0 radical (unpaired) electrons. The quantitative estimate of drug-likeness (QED) is 0.382. The topological polar surface area (TPSA) is 76.0 Å². The predicted octanol–water partition coefficient (Wildman–Crippen LogP) is 0.848. The maximum atomic E-state index is 10.5. The summed E-state index contributed by atoms with van der Waals surface area (Å²) in [5.74, 6) is 0. The van der Waals surface area contributed by atoms with Crippen LogP contribution in [0.1, 0.15) is 13.8 Å². The summed E-state index contributed by atoms with van der Waals surface area (Å²) < 4.78 is 17.5. The van der Waals surface area contributed by atoms with Gasteiger partial charge in [-0.15, -0.1) is 0 Å². The maximum Gasteiger partial charge on any atom is 0.462 e. The Labute approximate surface area is 58.3 Å². The zero-order valence-electron chi connectivity index (χ0n) is 5.64. The molecule has 0 aromatic heterocycles. The van der Waals surface area contributed by atoms with Crippen LogP contribution in [-0.2, 0) is 13.9 Å². The molecule has 0 aliphatic rings. The van der Waals surface area contributed by atoms with Gasteiger partial charge in [0.05, 0.1) is 6.10 Å². The number of hydrogen-bond donors (Lipinski definition) is 1. The highest BCUT2D eigenvalue weighted by atomic mass is 31.2. The minimum Gasteiger partial charge on any atom is -0.306 e. The highest BCUT2D eigenvalue weighted by Gasteiger charge is 2.19. The fraction of sp³-hybridized carbons (Fsp3) is 0.750. The molecule has 0 heterocycles. The molecule has 1 N–H and O–H groups in total. The molecule has 0 spiro atoms. The van der Waals surface area contributed by atoms with Crippen molar-refractivity contribution in [1.29, 1.82) is 0 Å². The van der Waals surface area contributed by atoms with Crippen LogP contribution in [0.4, 0.5) is 0 Å². The highest BCUT2D eigenvalue weighted by Crippen LogP contribution is 2.43. The molecule has 0 saturated carbocycles. The Hall–Kier alpha value is -0.470. The second-order valence-corrected chi connectivity index (χ2v) is 3.23. The first-order chi connectivity index (χ1) is 4.48. The van der Waals surface area contributed by atoms with Crippen molar-refractivity contribution < 1.29 is 18.8 Å². The lowest BCUT2D eigenvalue weighted by Crippen LogP contribution is -1.98. The largest absolute Gasteiger partial charge is 0.462 e. The molecule has 58 valence electrons. The van der Waals surface area contributed by atoms with Crippen LogP contribution in [0.3, 0.4) is 0 Å². The Morgan fingerprint density at radius 1 is 1.70 bits per heavy atom. The normalized spacial score (nSPS) is 16.0. The summed E-state index contributed by atoms with van der Waals surface area (Å²) in [6, 6.07) is 0. The molecule has 10 heavy (non-hydrogen) atoms. The summed E-state index contributed by atoms with van der Waals surface area (Å²) in [5.41, 5.74) is 0. The third-order valence-electron chi connectivity index (χ3n) is 0.515. The molecule has 0 saturated heterocycles. The van der Waals surface area contributed by atoms with Gasteiger partial charge in [-0.1, -0.05) is 4.76 Å². The van der Waals surface area contributed by atoms with Crippen LogP contribution in [-0.4, -0.2) is 17.1 Å². The molecular formula is C4H8NO4P. The molecule has 0 aromatic carbocycles. The third-order valence-corrected chi connectivity index (χ3v) is 1.55. The van der Waals surface area contributed by atoms with E-state index in [9.17, 15) is 9.36 Å². The molecule has 0 aliphatic heterocycles. The van der Waals surface area contributed by atoms with Crippen molar-refractivity contribution in [2.75, 3.05) is 0 Å². The summed E-state index contributed by atoms with van der Waals surface area (Å²) in [7, 11) is -4.05. The zero-order valence-corrected chi connectivity index (χ0v) is 6.54. The SMILES string of the molecule is CC(C)OP(=O)(O)N=C=O. The lowest BCUT2D eigenvalue weighted by Gasteiger charge is -2.06. The van der Waals surface area contributed by atoms with Crippen LogP contribution in [0.5, 0.6) is 0 Å². The second kappa shape index (κ2) is 3.64. The van der Waals surface area contributed by atoms with Crippen LogP contribution in [0, 0.1) is 0 Å². The Bertz CT molecular complexity index is 195. The number of carbonyl (C=O) groups excluding carboxylic acids is 1. The standard InChI is InChI=1S/C4H8NO4P/c1-4(2)9-10(7,8)5-3-6/h4H,1-2H3,(H,7,8). The Balaban J connectivity index is 4.14. The number of isocyanates is 1. The van der Waals surface area contributed by atoms with Gasteiger partial charge in [-0.3, -0.25) is 4.52 Å². The van der Waals surface area contributed by atoms with Gasteiger partial charge in [-0.2, -0.15) is 0 Å². The first-order valence-electron chi connectivity index (χ1n) is 2.58. The average Bonchev–Trinajstić information content (AvgIpc) is 1.59. The molecule has 5 nitrogen and oxygen atoms in total. The lowest BCUT2D eigenvalue weighted by atomic mass is 10.5. The van der Waals surface area contributed by atoms with Crippen LogP contribution in [0.2, 0.25) is 0 Å². The smallest absolute Gasteiger partial charge is 0.306 e. The fourth-order valence-corrected chi connectivity index (χ4v) is 1.05. The summed E-state index contributed by atoms with van der Waals surface area (Å²) in [4.78, 5) is 18.1. The summed E-state index contributed by atoms with van der Waals surface area (Å²) in [5, 5.41) is 0. The first kappa shape index (κ1) is 9.53. The van der Waals surface area contributed by atoms with Gasteiger partial charge in [-0.25, -0.2) is 9.36 Å². The predicted molar refractivity (Wildman–Crippen MR) is 34.2 cm³/mol. The molecule has 0 rings (SSSR count). The van der Waals surface area contributed by atoms with Gasteiger partial charge < -0.3 is 4.89 Å². The molecule has 1 unspecified atom stereocenters. The second-order valence-electron chi connectivity index (χ2n) is 1.84. The molecule has 1 atom stereocenters. The van der Waals surface area contributed by atoms with E-state index in [1.54, 1.807) is 13.8 Å². The van der Waals surface area contributed by atoms with Crippen molar-refractivity contribution in [3.8, 4) is 0 Å². The minimum atomic E-state index is -4.05. The minimum absolute atomic E-state index is 0.437. The molecule has 6 heteroatoms. The van der Waals surface area contributed by atoms with Crippen LogP contribution in [0.25, 0.3) is 0 Å². The van der Waals surface area contributed by atoms with Gasteiger partial charge in [0.25, 0.3) is 0 Å².